The first-order valence-electron chi connectivity index (χ1n) is 14.1. The predicted octanol–water partition coefficient (Wildman–Crippen LogP) is 6.16. The van der Waals surface area contributed by atoms with E-state index in [4.69, 9.17) is 0 Å². The number of hydrogen-bond donors (Lipinski definition) is 3. The lowest BCUT2D eigenvalue weighted by molar-refractivity contribution is -0.119. The highest BCUT2D eigenvalue weighted by Gasteiger charge is 2.34. The molecular weight excluding hydrogens is 552 g/mol. The Labute approximate surface area is 245 Å². The summed E-state index contributed by atoms with van der Waals surface area (Å²) in [5.41, 5.74) is 1.90. The van der Waals surface area contributed by atoms with E-state index in [2.05, 4.69) is 17.4 Å². The van der Waals surface area contributed by atoms with Crippen molar-refractivity contribution in [3.8, 4) is 5.75 Å². The van der Waals surface area contributed by atoms with Crippen LogP contribution in [0.3, 0.4) is 0 Å². The van der Waals surface area contributed by atoms with Crippen molar-refractivity contribution in [2.45, 2.75) is 55.4 Å². The molecule has 0 bridgehead atoms. The molecule has 1 fully saturated rings. The monoisotopic (exact) mass is 586 g/mol. The molecule has 42 heavy (non-hydrogen) atoms. The molecule has 1 unspecified atom stereocenters. The second-order valence-electron chi connectivity index (χ2n) is 10.8. The van der Waals surface area contributed by atoms with E-state index in [0.29, 0.717) is 11.3 Å². The van der Waals surface area contributed by atoms with Gasteiger partial charge in [0.2, 0.25) is 15.9 Å². The Bertz CT molecular complexity index is 1710. The average Bonchev–Trinajstić information content (AvgIpc) is 2.99. The van der Waals surface area contributed by atoms with Crippen molar-refractivity contribution in [2.24, 2.45) is 0 Å². The maximum Gasteiger partial charge on any atom is 0.339 e. The Balaban J connectivity index is 1.47. The lowest BCUT2D eigenvalue weighted by atomic mass is 9.84. The van der Waals surface area contributed by atoms with E-state index >= 15 is 0 Å². The number of aromatic carboxylic acids is 1. The van der Waals surface area contributed by atoms with Crippen LogP contribution in [-0.2, 0) is 21.2 Å². The van der Waals surface area contributed by atoms with E-state index in [1.807, 2.05) is 30.3 Å². The molecule has 5 rings (SSSR count). The van der Waals surface area contributed by atoms with E-state index in [1.54, 1.807) is 18.2 Å². The number of benzene rings is 4. The van der Waals surface area contributed by atoms with Crippen LogP contribution in [0, 0.1) is 0 Å². The number of aromatic hydroxyl groups is 1. The highest BCUT2D eigenvalue weighted by atomic mass is 32.2. The van der Waals surface area contributed by atoms with Gasteiger partial charge in [0.25, 0.3) is 0 Å². The zero-order valence-electron chi connectivity index (χ0n) is 23.4. The number of hydrogen-bond acceptors (Lipinski definition) is 5. The lowest BCUT2D eigenvalue weighted by Crippen LogP contribution is -2.46. The SMILES string of the molecule is CN(C(Cc1ccc(C2CCCCC2)cc1)C(=O)Nc1ccc(C(=O)O)c(O)c1)S(=O)(=O)c1cccc2ccccc12. The number of carboxylic acids is 1. The number of nitrogens with zero attached hydrogens (tertiary/aromatic N) is 1. The number of carboxylic acid groups (broad SMARTS) is 1. The molecule has 1 aliphatic carbocycles. The molecule has 9 heteroatoms. The number of fused-ring (bicyclic) bond motifs is 1. The molecule has 3 N–H and O–H groups in total. The van der Waals surface area contributed by atoms with Gasteiger partial charge in [0.15, 0.2) is 0 Å². The van der Waals surface area contributed by atoms with Crippen molar-refractivity contribution in [3.63, 3.8) is 0 Å². The van der Waals surface area contributed by atoms with Gasteiger partial charge in [-0.2, -0.15) is 4.31 Å². The smallest absolute Gasteiger partial charge is 0.339 e. The van der Waals surface area contributed by atoms with Gasteiger partial charge in [-0.15, -0.1) is 0 Å². The molecule has 0 aliphatic heterocycles. The van der Waals surface area contributed by atoms with Crippen LogP contribution in [0.5, 0.6) is 5.75 Å². The molecule has 0 heterocycles. The standard InChI is InChI=1S/C33H34N2O6S/c1-35(42(40,41)31-13-7-11-25-10-5-6-12-27(25)31)29(32(37)34-26-18-19-28(33(38)39)30(36)21-26)20-22-14-16-24(17-15-22)23-8-3-2-4-9-23/h5-7,10-19,21,23,29,36H,2-4,8-9,20H2,1H3,(H,34,37)(H,38,39). The number of carbonyl (C=O) groups excluding carboxylic acids is 1. The second-order valence-corrected chi connectivity index (χ2v) is 12.8. The molecule has 0 saturated heterocycles. The van der Waals surface area contributed by atoms with Crippen molar-refractivity contribution >= 4 is 38.4 Å². The van der Waals surface area contributed by atoms with Gasteiger partial charge in [0, 0.05) is 24.2 Å². The van der Waals surface area contributed by atoms with Crippen molar-refractivity contribution < 1.29 is 28.2 Å². The fourth-order valence-corrected chi connectivity index (χ4v) is 7.26. The van der Waals surface area contributed by atoms with Crippen molar-refractivity contribution in [1.29, 1.82) is 0 Å². The van der Waals surface area contributed by atoms with E-state index in [1.165, 1.54) is 50.1 Å². The van der Waals surface area contributed by atoms with Crippen LogP contribution in [0.2, 0.25) is 0 Å². The van der Waals surface area contributed by atoms with Gasteiger partial charge in [-0.25, -0.2) is 13.2 Å². The van der Waals surface area contributed by atoms with Crippen LogP contribution in [0.25, 0.3) is 10.8 Å². The van der Waals surface area contributed by atoms with Crippen molar-refractivity contribution in [2.75, 3.05) is 12.4 Å². The quantitative estimate of drug-likeness (QED) is 0.216. The normalized spacial score (nSPS) is 15.0. The van der Waals surface area contributed by atoms with E-state index in [0.717, 1.165) is 34.2 Å². The van der Waals surface area contributed by atoms with Crippen LogP contribution in [0.1, 0.15) is 59.5 Å². The van der Waals surface area contributed by atoms with Crippen LogP contribution in [-0.4, -0.2) is 47.9 Å². The highest BCUT2D eigenvalue weighted by Crippen LogP contribution is 2.33. The number of amides is 1. The summed E-state index contributed by atoms with van der Waals surface area (Å²) >= 11 is 0. The van der Waals surface area contributed by atoms with Crippen LogP contribution in [0.4, 0.5) is 5.69 Å². The first kappa shape index (κ1) is 29.3. The Morgan fingerprint density at radius 1 is 0.929 bits per heavy atom. The minimum absolute atomic E-state index is 0.0944. The number of nitrogens with one attached hydrogen (secondary N) is 1. The molecule has 1 aliphatic rings. The van der Waals surface area contributed by atoms with Crippen molar-refractivity contribution in [3.05, 3.63) is 102 Å². The molecule has 1 amide bonds. The summed E-state index contributed by atoms with van der Waals surface area (Å²) < 4.78 is 29.1. The average molecular weight is 587 g/mol. The Morgan fingerprint density at radius 2 is 1.62 bits per heavy atom. The predicted molar refractivity (Wildman–Crippen MR) is 162 cm³/mol. The maximum absolute atomic E-state index is 14.0. The Morgan fingerprint density at radius 3 is 2.31 bits per heavy atom. The van der Waals surface area contributed by atoms with Crippen LogP contribution < -0.4 is 5.32 Å². The Kier molecular flexibility index (Phi) is 8.61. The number of sulfonamides is 1. The zero-order chi connectivity index (χ0) is 29.9. The molecule has 0 spiro atoms. The second kappa shape index (κ2) is 12.3. The van der Waals surface area contributed by atoms with Crippen LogP contribution >= 0.6 is 0 Å². The highest BCUT2D eigenvalue weighted by molar-refractivity contribution is 7.89. The summed E-state index contributed by atoms with van der Waals surface area (Å²) in [6, 6.07) is 22.8. The number of anilines is 1. The van der Waals surface area contributed by atoms with Gasteiger partial charge < -0.3 is 15.5 Å². The van der Waals surface area contributed by atoms with Gasteiger partial charge in [0.1, 0.15) is 17.4 Å². The first-order chi connectivity index (χ1) is 20.1. The molecule has 0 aromatic heterocycles. The molecule has 4 aromatic rings. The molecule has 218 valence electrons. The molecule has 1 saturated carbocycles. The summed E-state index contributed by atoms with van der Waals surface area (Å²) in [7, 11) is -2.74. The molecular formula is C33H34N2O6S. The van der Waals surface area contributed by atoms with Gasteiger partial charge in [-0.1, -0.05) is 79.9 Å². The third kappa shape index (κ3) is 6.17. The van der Waals surface area contributed by atoms with Crippen LogP contribution in [0.15, 0.2) is 89.8 Å². The maximum atomic E-state index is 14.0. The molecule has 0 radical (unpaired) electrons. The zero-order valence-corrected chi connectivity index (χ0v) is 24.2. The van der Waals surface area contributed by atoms with E-state index in [-0.39, 0.29) is 22.6 Å². The topological polar surface area (TPSA) is 124 Å². The van der Waals surface area contributed by atoms with Crippen molar-refractivity contribution in [1.82, 2.24) is 4.31 Å². The summed E-state index contributed by atoms with van der Waals surface area (Å²) in [5.74, 6) is -1.91. The van der Waals surface area contributed by atoms with E-state index < -0.39 is 33.7 Å². The number of likely N-dealkylation sites (N-methyl/N-ethyl adjacent to an activating group) is 1. The number of phenols is 1. The van der Waals surface area contributed by atoms with E-state index in [9.17, 15) is 28.2 Å². The largest absolute Gasteiger partial charge is 0.507 e. The summed E-state index contributed by atoms with van der Waals surface area (Å²) in [6.45, 7) is 0. The fourth-order valence-electron chi connectivity index (χ4n) is 5.73. The lowest BCUT2D eigenvalue weighted by Gasteiger charge is -2.28. The minimum atomic E-state index is -4.13. The van der Waals surface area contributed by atoms with Gasteiger partial charge >= 0.3 is 5.97 Å². The Hall–Kier alpha value is -4.21. The third-order valence-corrected chi connectivity index (χ3v) is 10.1. The summed E-state index contributed by atoms with van der Waals surface area (Å²) in [4.78, 5) is 25.1. The summed E-state index contributed by atoms with van der Waals surface area (Å²) in [6.07, 6.45) is 6.12. The first-order valence-corrected chi connectivity index (χ1v) is 15.5. The van der Waals surface area contributed by atoms with Gasteiger partial charge in [-0.05, 0) is 59.9 Å². The van der Waals surface area contributed by atoms with Gasteiger partial charge in [-0.3, -0.25) is 4.79 Å². The molecule has 1 atom stereocenters. The van der Waals surface area contributed by atoms with Gasteiger partial charge in [0.05, 0.1) is 4.90 Å². The number of rotatable bonds is 9. The fraction of sp³-hybridized carbons (Fsp3) is 0.273. The number of carbonyl (C=O) groups is 2. The molecule has 4 aromatic carbocycles. The third-order valence-electron chi connectivity index (χ3n) is 8.13. The minimum Gasteiger partial charge on any atom is -0.507 e. The molecule has 8 nitrogen and oxygen atoms in total. The summed E-state index contributed by atoms with van der Waals surface area (Å²) in [5, 5.41) is 23.3.